The van der Waals surface area contributed by atoms with Crippen molar-refractivity contribution >= 4 is 22.3 Å². The number of amides is 3. The Morgan fingerprint density at radius 1 is 1.44 bits per heavy atom. The Kier molecular flexibility index (Phi) is 5.82. The topological polar surface area (TPSA) is 142 Å². The number of fused-ring (bicyclic) bond motifs is 2. The first-order chi connectivity index (χ1) is 12.8. The third-order valence-electron chi connectivity index (χ3n) is 4.92. The molecule has 3 aliphatic rings. The summed E-state index contributed by atoms with van der Waals surface area (Å²) in [6.07, 6.45) is 1.44. The molecule has 3 N–H and O–H groups in total. The van der Waals surface area contributed by atoms with Crippen molar-refractivity contribution in [1.82, 2.24) is 20.8 Å². The van der Waals surface area contributed by atoms with Crippen molar-refractivity contribution in [1.29, 1.82) is 0 Å². The van der Waals surface area contributed by atoms with Crippen LogP contribution in [0.25, 0.3) is 4.85 Å². The van der Waals surface area contributed by atoms with Crippen molar-refractivity contribution in [2.45, 2.75) is 37.4 Å². The normalized spacial score (nSPS) is 30.4. The first kappa shape index (κ1) is 19.8. The molecule has 3 heterocycles. The van der Waals surface area contributed by atoms with Gasteiger partial charge in [0.15, 0.2) is 0 Å². The summed E-state index contributed by atoms with van der Waals surface area (Å²) in [5, 5.41) is 3.80. The van der Waals surface area contributed by atoms with Crippen molar-refractivity contribution in [3.63, 3.8) is 0 Å². The smallest absolute Gasteiger partial charge is 0.317 e. The van der Waals surface area contributed by atoms with Crippen LogP contribution in [0.5, 0.6) is 0 Å². The molecule has 3 amide bonds. The van der Waals surface area contributed by atoms with Crippen LogP contribution in [0, 0.1) is 12.5 Å². The molecule has 0 unspecified atom stereocenters. The van der Waals surface area contributed by atoms with Gasteiger partial charge in [0.05, 0.1) is 12.6 Å². The number of carbonyl (C=O) groups excluding carboxylic acids is 2. The van der Waals surface area contributed by atoms with Gasteiger partial charge in [0.25, 0.3) is 5.91 Å². The third-order valence-corrected chi connectivity index (χ3v) is 5.27. The predicted molar refractivity (Wildman–Crippen MR) is 88.8 cm³/mol. The molecular weight excluding hydrogens is 382 g/mol. The van der Waals surface area contributed by atoms with Gasteiger partial charge in [-0.05, 0) is 19.3 Å². The Bertz CT molecular complexity index is 739. The van der Waals surface area contributed by atoms with Crippen LogP contribution >= 0.6 is 0 Å². The van der Waals surface area contributed by atoms with Gasteiger partial charge >= 0.3 is 16.4 Å². The van der Waals surface area contributed by atoms with E-state index in [0.29, 0.717) is 24.4 Å². The van der Waals surface area contributed by atoms with E-state index in [4.69, 9.17) is 16.0 Å². The van der Waals surface area contributed by atoms with Crippen LogP contribution in [0.3, 0.4) is 0 Å². The summed E-state index contributed by atoms with van der Waals surface area (Å²) >= 11 is 0. The fourth-order valence-corrected chi connectivity index (χ4v) is 4.07. The lowest BCUT2D eigenvalue weighted by atomic mass is 10.0. The van der Waals surface area contributed by atoms with Gasteiger partial charge in [-0.3, -0.25) is 14.2 Å². The molecule has 13 heteroatoms. The standard InChI is InChI=1S/C14H21N5O7S/c1-15-5-9-4-10(16-6-9)8-25-17-13(20)12-3-2-11-7-18(12)14(21)19(11)26-27(22,23)24/h9-12,16H,2-8H2,(H,17,20)(H,22,23,24)/t9-,10-,11-,12+/m1/s1. The maximum atomic E-state index is 12.3. The van der Waals surface area contributed by atoms with E-state index in [0.717, 1.165) is 13.0 Å². The maximum Gasteiger partial charge on any atom is 0.418 e. The Labute approximate surface area is 156 Å². The van der Waals surface area contributed by atoms with Gasteiger partial charge in [-0.2, -0.15) is 13.5 Å². The lowest BCUT2D eigenvalue weighted by Gasteiger charge is -2.29. The molecule has 27 heavy (non-hydrogen) atoms. The first-order valence-corrected chi connectivity index (χ1v) is 9.90. The monoisotopic (exact) mass is 403 g/mol. The second-order valence-corrected chi connectivity index (χ2v) is 7.84. The highest BCUT2D eigenvalue weighted by atomic mass is 32.3. The first-order valence-electron chi connectivity index (χ1n) is 8.53. The zero-order chi connectivity index (χ0) is 19.6. The van der Waals surface area contributed by atoms with Gasteiger partial charge in [-0.25, -0.2) is 16.8 Å². The molecule has 0 radical (unpaired) electrons. The van der Waals surface area contributed by atoms with Gasteiger partial charge in [0.1, 0.15) is 6.04 Å². The highest BCUT2D eigenvalue weighted by Crippen LogP contribution is 2.30. The number of nitrogens with zero attached hydrogens (tertiary/aromatic N) is 3. The molecule has 0 saturated carbocycles. The summed E-state index contributed by atoms with van der Waals surface area (Å²) in [6.45, 7) is 8.43. The van der Waals surface area contributed by atoms with Crippen molar-refractivity contribution in [3.8, 4) is 0 Å². The van der Waals surface area contributed by atoms with E-state index in [1.165, 1.54) is 4.90 Å². The molecule has 0 aromatic rings. The molecule has 4 atom stereocenters. The van der Waals surface area contributed by atoms with E-state index in [9.17, 15) is 18.0 Å². The number of rotatable bonds is 7. The number of urea groups is 1. The largest absolute Gasteiger partial charge is 0.418 e. The fraction of sp³-hybridized carbons (Fsp3) is 0.786. The van der Waals surface area contributed by atoms with E-state index in [1.54, 1.807) is 0 Å². The van der Waals surface area contributed by atoms with Crippen LogP contribution in [0.2, 0.25) is 0 Å². The van der Waals surface area contributed by atoms with Crippen LogP contribution < -0.4 is 10.8 Å². The summed E-state index contributed by atoms with van der Waals surface area (Å²) in [4.78, 5) is 34.4. The molecule has 3 fully saturated rings. The Morgan fingerprint density at radius 3 is 2.93 bits per heavy atom. The van der Waals surface area contributed by atoms with Gasteiger partial charge in [-0.1, -0.05) is 0 Å². The molecule has 2 bridgehead atoms. The lowest BCUT2D eigenvalue weighted by Crippen LogP contribution is -2.50. The second-order valence-electron chi connectivity index (χ2n) is 6.83. The van der Waals surface area contributed by atoms with Crippen molar-refractivity contribution in [2.75, 3.05) is 26.2 Å². The number of hydrogen-bond acceptors (Lipinski definition) is 7. The SMILES string of the molecule is [C-]#[N+]C[C@@H]1CN[C@@H](CONC(=O)[C@@H]2CC[C@@H]3CN2C(=O)N3OS(=O)(=O)O)C1. The Hall–Kier alpha value is -1.98. The average molecular weight is 403 g/mol. The highest BCUT2D eigenvalue weighted by Gasteiger charge is 2.49. The molecular formula is C14H21N5O7S. The number of hydrogen-bond donors (Lipinski definition) is 3. The maximum absolute atomic E-state index is 12.3. The van der Waals surface area contributed by atoms with E-state index >= 15 is 0 Å². The average Bonchev–Trinajstić information content (AvgIpc) is 3.13. The third kappa shape index (κ3) is 4.66. The minimum atomic E-state index is -4.82. The van der Waals surface area contributed by atoms with Crippen molar-refractivity contribution in [2.24, 2.45) is 5.92 Å². The van der Waals surface area contributed by atoms with Crippen LogP contribution in [-0.4, -0.2) is 79.2 Å². The van der Waals surface area contributed by atoms with E-state index in [-0.39, 0.29) is 25.1 Å². The van der Waals surface area contributed by atoms with Crippen molar-refractivity contribution in [3.05, 3.63) is 11.4 Å². The zero-order valence-corrected chi connectivity index (χ0v) is 15.2. The van der Waals surface area contributed by atoms with Crippen LogP contribution in [0.15, 0.2) is 0 Å². The molecule has 3 rings (SSSR count). The van der Waals surface area contributed by atoms with Gasteiger partial charge in [-0.15, -0.1) is 4.28 Å². The number of piperidine rings is 1. The Balaban J connectivity index is 1.47. The molecule has 12 nitrogen and oxygen atoms in total. The molecule has 3 aliphatic heterocycles. The zero-order valence-electron chi connectivity index (χ0n) is 14.4. The predicted octanol–water partition coefficient (Wildman–Crippen LogP) is -1.07. The van der Waals surface area contributed by atoms with Crippen LogP contribution in [0.4, 0.5) is 4.79 Å². The number of nitrogens with one attached hydrogen (secondary N) is 2. The lowest BCUT2D eigenvalue weighted by molar-refractivity contribution is -0.139. The molecule has 150 valence electrons. The van der Waals surface area contributed by atoms with Crippen molar-refractivity contribution < 1.29 is 31.7 Å². The van der Waals surface area contributed by atoms with Gasteiger partial charge in [0, 0.05) is 25.0 Å². The molecule has 0 spiro atoms. The quantitative estimate of drug-likeness (QED) is 0.277. The summed E-state index contributed by atoms with van der Waals surface area (Å²) < 4.78 is 34.8. The number of hydroxylamine groups is 3. The van der Waals surface area contributed by atoms with Crippen LogP contribution in [0.1, 0.15) is 19.3 Å². The summed E-state index contributed by atoms with van der Waals surface area (Å²) in [5.74, 6) is -0.232. The Morgan fingerprint density at radius 2 is 2.22 bits per heavy atom. The fourth-order valence-electron chi connectivity index (χ4n) is 3.68. The number of carbonyl (C=O) groups is 2. The minimum absolute atomic E-state index is 0.0415. The van der Waals surface area contributed by atoms with E-state index in [1.807, 2.05) is 0 Å². The summed E-state index contributed by atoms with van der Waals surface area (Å²) in [7, 11) is -4.82. The molecule has 0 aromatic heterocycles. The second kappa shape index (κ2) is 7.95. The summed E-state index contributed by atoms with van der Waals surface area (Å²) in [6, 6.07) is -2.11. The molecule has 0 aromatic carbocycles. The highest BCUT2D eigenvalue weighted by molar-refractivity contribution is 7.80. The van der Waals surface area contributed by atoms with Crippen LogP contribution in [-0.2, 0) is 24.3 Å². The minimum Gasteiger partial charge on any atom is -0.317 e. The van der Waals surface area contributed by atoms with Gasteiger partial charge < -0.3 is 15.1 Å². The molecule has 0 aliphatic carbocycles. The summed E-state index contributed by atoms with van der Waals surface area (Å²) in [5.41, 5.74) is 2.33. The van der Waals surface area contributed by atoms with Gasteiger partial charge in [0.2, 0.25) is 6.54 Å². The molecule has 3 saturated heterocycles. The van der Waals surface area contributed by atoms with E-state index < -0.39 is 34.4 Å². The van der Waals surface area contributed by atoms with E-state index in [2.05, 4.69) is 19.9 Å².